The van der Waals surface area contributed by atoms with Gasteiger partial charge in [-0.25, -0.2) is 8.42 Å². The van der Waals surface area contributed by atoms with Gasteiger partial charge in [-0.3, -0.25) is 0 Å². The average molecular weight is 291 g/mol. The lowest BCUT2D eigenvalue weighted by atomic mass is 9.93. The highest BCUT2D eigenvalue weighted by molar-refractivity contribution is 7.90. The van der Waals surface area contributed by atoms with E-state index < -0.39 is 9.84 Å². The monoisotopic (exact) mass is 291 g/mol. The summed E-state index contributed by atoms with van der Waals surface area (Å²) in [5, 5.41) is 3.45. The molecular weight excluding hydrogens is 274 g/mol. The standard InChI is InChI=1S/C15H17NO3S/c1-20(17,18)12-7-5-11(6-8-12)16-14-3-2-4-15-13(14)9-10-19-15/h5-10,14,16H,2-4H2,1H3. The Morgan fingerprint density at radius 2 is 1.95 bits per heavy atom. The van der Waals surface area contributed by atoms with E-state index in [1.165, 1.54) is 11.8 Å². The Balaban J connectivity index is 1.80. The molecule has 106 valence electrons. The number of anilines is 1. The smallest absolute Gasteiger partial charge is 0.175 e. The second-order valence-corrected chi connectivity index (χ2v) is 7.20. The molecule has 0 amide bonds. The average Bonchev–Trinajstić information content (AvgIpc) is 2.88. The lowest BCUT2D eigenvalue weighted by Crippen LogP contribution is -2.15. The topological polar surface area (TPSA) is 59.3 Å². The molecule has 0 radical (unpaired) electrons. The molecule has 20 heavy (non-hydrogen) atoms. The van der Waals surface area contributed by atoms with Gasteiger partial charge in [0.2, 0.25) is 0 Å². The van der Waals surface area contributed by atoms with Gasteiger partial charge in [0.25, 0.3) is 0 Å². The summed E-state index contributed by atoms with van der Waals surface area (Å²) in [5.74, 6) is 1.06. The van der Waals surface area contributed by atoms with E-state index in [4.69, 9.17) is 4.42 Å². The predicted molar refractivity (Wildman–Crippen MR) is 77.6 cm³/mol. The molecule has 0 spiro atoms. The third kappa shape index (κ3) is 2.58. The van der Waals surface area contributed by atoms with E-state index in [0.717, 1.165) is 30.7 Å². The van der Waals surface area contributed by atoms with Crippen LogP contribution in [0.2, 0.25) is 0 Å². The minimum atomic E-state index is -3.14. The van der Waals surface area contributed by atoms with Crippen LogP contribution in [-0.4, -0.2) is 14.7 Å². The Bertz CT molecular complexity index is 701. The van der Waals surface area contributed by atoms with Gasteiger partial charge in [0.05, 0.1) is 17.2 Å². The van der Waals surface area contributed by atoms with Gasteiger partial charge in [0, 0.05) is 23.9 Å². The van der Waals surface area contributed by atoms with Crippen molar-refractivity contribution in [2.45, 2.75) is 30.2 Å². The van der Waals surface area contributed by atoms with Crippen LogP contribution in [0.15, 0.2) is 45.9 Å². The SMILES string of the molecule is CS(=O)(=O)c1ccc(NC2CCCc3occc32)cc1. The van der Waals surface area contributed by atoms with Crippen molar-refractivity contribution in [3.05, 3.63) is 47.9 Å². The highest BCUT2D eigenvalue weighted by Gasteiger charge is 2.22. The van der Waals surface area contributed by atoms with E-state index >= 15 is 0 Å². The van der Waals surface area contributed by atoms with E-state index in [-0.39, 0.29) is 6.04 Å². The first-order chi connectivity index (χ1) is 9.54. The third-order valence-corrected chi connectivity index (χ3v) is 4.80. The van der Waals surface area contributed by atoms with Crippen LogP contribution in [0.5, 0.6) is 0 Å². The molecule has 1 heterocycles. The molecule has 1 aromatic heterocycles. The summed E-state index contributed by atoms with van der Waals surface area (Å²) in [6.07, 6.45) is 6.10. The molecule has 4 nitrogen and oxygen atoms in total. The van der Waals surface area contributed by atoms with Gasteiger partial charge in [0.15, 0.2) is 9.84 Å². The lowest BCUT2D eigenvalue weighted by molar-refractivity contribution is 0.461. The number of aryl methyl sites for hydroxylation is 1. The number of benzene rings is 1. The molecule has 0 saturated heterocycles. The molecule has 0 saturated carbocycles. The van der Waals surface area contributed by atoms with E-state index in [0.29, 0.717) is 4.90 Å². The summed E-state index contributed by atoms with van der Waals surface area (Å²) in [6.45, 7) is 0. The first-order valence-corrected chi connectivity index (χ1v) is 8.56. The van der Waals surface area contributed by atoms with E-state index in [1.807, 2.05) is 18.2 Å². The van der Waals surface area contributed by atoms with Crippen LogP contribution in [-0.2, 0) is 16.3 Å². The van der Waals surface area contributed by atoms with Crippen LogP contribution in [0.25, 0.3) is 0 Å². The molecule has 1 unspecified atom stereocenters. The van der Waals surface area contributed by atoms with Crippen molar-refractivity contribution in [2.75, 3.05) is 11.6 Å². The van der Waals surface area contributed by atoms with Gasteiger partial charge in [-0.2, -0.15) is 0 Å². The molecule has 5 heteroatoms. The highest BCUT2D eigenvalue weighted by Crippen LogP contribution is 2.33. The van der Waals surface area contributed by atoms with Crippen LogP contribution in [0.4, 0.5) is 5.69 Å². The number of hydrogen-bond acceptors (Lipinski definition) is 4. The predicted octanol–water partition coefficient (Wildman–Crippen LogP) is 3.17. The molecule has 0 aliphatic heterocycles. The summed E-state index contributed by atoms with van der Waals surface area (Å²) in [5.41, 5.74) is 2.14. The van der Waals surface area contributed by atoms with Gasteiger partial charge < -0.3 is 9.73 Å². The first-order valence-electron chi connectivity index (χ1n) is 6.67. The Morgan fingerprint density at radius 1 is 1.20 bits per heavy atom. The van der Waals surface area contributed by atoms with Crippen LogP contribution >= 0.6 is 0 Å². The van der Waals surface area contributed by atoms with Crippen molar-refractivity contribution in [1.29, 1.82) is 0 Å². The fourth-order valence-corrected chi connectivity index (χ4v) is 3.27. The van der Waals surface area contributed by atoms with Crippen molar-refractivity contribution in [2.24, 2.45) is 0 Å². The fourth-order valence-electron chi connectivity index (χ4n) is 2.64. The Labute approximate surface area is 118 Å². The highest BCUT2D eigenvalue weighted by atomic mass is 32.2. The second kappa shape index (κ2) is 4.98. The maximum Gasteiger partial charge on any atom is 0.175 e. The van der Waals surface area contributed by atoms with Crippen LogP contribution in [0.1, 0.15) is 30.2 Å². The number of furan rings is 1. The third-order valence-electron chi connectivity index (χ3n) is 3.68. The second-order valence-electron chi connectivity index (χ2n) is 5.18. The Morgan fingerprint density at radius 3 is 2.65 bits per heavy atom. The maximum atomic E-state index is 11.4. The van der Waals surface area contributed by atoms with Crippen LogP contribution < -0.4 is 5.32 Å². The zero-order chi connectivity index (χ0) is 14.2. The van der Waals surface area contributed by atoms with Gasteiger partial charge in [0.1, 0.15) is 5.76 Å². The lowest BCUT2D eigenvalue weighted by Gasteiger charge is -2.23. The minimum Gasteiger partial charge on any atom is -0.469 e. The number of fused-ring (bicyclic) bond motifs is 1. The van der Waals surface area contributed by atoms with Gasteiger partial charge in [-0.1, -0.05) is 0 Å². The molecule has 0 bridgehead atoms. The van der Waals surface area contributed by atoms with Crippen molar-refractivity contribution in [1.82, 2.24) is 0 Å². The van der Waals surface area contributed by atoms with Gasteiger partial charge in [-0.15, -0.1) is 0 Å². The fraction of sp³-hybridized carbons (Fsp3) is 0.333. The Kier molecular flexibility index (Phi) is 3.30. The van der Waals surface area contributed by atoms with Crippen LogP contribution in [0, 0.1) is 0 Å². The molecule has 1 atom stereocenters. The van der Waals surface area contributed by atoms with Gasteiger partial charge >= 0.3 is 0 Å². The van der Waals surface area contributed by atoms with Gasteiger partial charge in [-0.05, 0) is 43.2 Å². The minimum absolute atomic E-state index is 0.238. The summed E-state index contributed by atoms with van der Waals surface area (Å²) < 4.78 is 28.3. The largest absolute Gasteiger partial charge is 0.469 e. The zero-order valence-corrected chi connectivity index (χ0v) is 12.1. The van der Waals surface area contributed by atoms with Crippen molar-refractivity contribution < 1.29 is 12.8 Å². The zero-order valence-electron chi connectivity index (χ0n) is 11.3. The molecule has 0 fully saturated rings. The molecule has 3 rings (SSSR count). The summed E-state index contributed by atoms with van der Waals surface area (Å²) >= 11 is 0. The van der Waals surface area contributed by atoms with E-state index in [2.05, 4.69) is 5.32 Å². The molecule has 1 N–H and O–H groups in total. The number of hydrogen-bond donors (Lipinski definition) is 1. The summed E-state index contributed by atoms with van der Waals surface area (Å²) in [7, 11) is -3.14. The van der Waals surface area contributed by atoms with Crippen molar-refractivity contribution in [3.8, 4) is 0 Å². The number of nitrogens with one attached hydrogen (secondary N) is 1. The molecule has 2 aromatic rings. The molecule has 1 aliphatic rings. The summed E-state index contributed by atoms with van der Waals surface area (Å²) in [4.78, 5) is 0.343. The maximum absolute atomic E-state index is 11.4. The molecule has 1 aromatic carbocycles. The Hall–Kier alpha value is -1.75. The van der Waals surface area contributed by atoms with Crippen molar-refractivity contribution in [3.63, 3.8) is 0 Å². The molecule has 1 aliphatic carbocycles. The van der Waals surface area contributed by atoms with Crippen molar-refractivity contribution >= 4 is 15.5 Å². The van der Waals surface area contributed by atoms with E-state index in [1.54, 1.807) is 18.4 Å². The summed E-state index contributed by atoms with van der Waals surface area (Å²) in [6, 6.07) is 9.14. The van der Waals surface area contributed by atoms with E-state index in [9.17, 15) is 8.42 Å². The number of rotatable bonds is 3. The number of sulfone groups is 1. The van der Waals surface area contributed by atoms with Crippen LogP contribution in [0.3, 0.4) is 0 Å². The molecular formula is C15H17NO3S. The first kappa shape index (κ1) is 13.2. The normalized spacial score (nSPS) is 18.6. The quantitative estimate of drug-likeness (QED) is 0.943.